The third-order valence-electron chi connectivity index (χ3n) is 2.48. The monoisotopic (exact) mass is 264 g/mol. The van der Waals surface area contributed by atoms with Gasteiger partial charge in [-0.15, -0.1) is 11.3 Å². The lowest BCUT2D eigenvalue weighted by molar-refractivity contribution is 0.0951. The Morgan fingerprint density at radius 1 is 1.50 bits per heavy atom. The Kier molecular flexibility index (Phi) is 3.47. The second-order valence-electron chi connectivity index (χ2n) is 5.05. The molecule has 0 aliphatic heterocycles. The maximum atomic E-state index is 11.7. The number of aromatic amines is 1. The summed E-state index contributed by atoms with van der Waals surface area (Å²) < 4.78 is 0. The van der Waals surface area contributed by atoms with Gasteiger partial charge in [0, 0.05) is 17.0 Å². The van der Waals surface area contributed by atoms with Crippen molar-refractivity contribution in [2.45, 2.75) is 32.7 Å². The second-order valence-corrected chi connectivity index (χ2v) is 5.99. The third-order valence-corrected chi connectivity index (χ3v) is 3.33. The van der Waals surface area contributed by atoms with E-state index in [9.17, 15) is 4.79 Å². The average molecular weight is 264 g/mol. The van der Waals surface area contributed by atoms with Crippen molar-refractivity contribution in [3.63, 3.8) is 0 Å². The molecule has 0 saturated heterocycles. The highest BCUT2D eigenvalue weighted by Crippen LogP contribution is 2.23. The van der Waals surface area contributed by atoms with Crippen LogP contribution in [0.4, 0.5) is 0 Å². The van der Waals surface area contributed by atoms with Crippen molar-refractivity contribution in [1.82, 2.24) is 20.5 Å². The number of H-pyrrole nitrogens is 1. The minimum atomic E-state index is -0.142. The van der Waals surface area contributed by atoms with Crippen LogP contribution in [0.2, 0.25) is 0 Å². The molecule has 0 saturated carbocycles. The molecule has 0 atom stereocenters. The second kappa shape index (κ2) is 4.89. The largest absolute Gasteiger partial charge is 0.345 e. The van der Waals surface area contributed by atoms with Gasteiger partial charge in [0.15, 0.2) is 0 Å². The molecule has 0 aromatic carbocycles. The highest BCUT2D eigenvalue weighted by atomic mass is 32.1. The van der Waals surface area contributed by atoms with Gasteiger partial charge >= 0.3 is 0 Å². The van der Waals surface area contributed by atoms with Gasteiger partial charge in [-0.3, -0.25) is 9.89 Å². The molecule has 0 unspecified atom stereocenters. The standard InChI is InChI=1S/C12H16N4OS/c1-12(2,3)9-7-18-10(16-9)6-13-11(17)8-4-14-15-5-8/h4-5,7H,6H2,1-3H3,(H,13,17)(H,14,15). The number of rotatable bonds is 3. The maximum absolute atomic E-state index is 11.7. The molecule has 0 spiro atoms. The lowest BCUT2D eigenvalue weighted by Gasteiger charge is -2.14. The van der Waals surface area contributed by atoms with Crippen LogP contribution in [-0.2, 0) is 12.0 Å². The molecule has 2 aromatic heterocycles. The molecule has 0 aliphatic carbocycles. The van der Waals surface area contributed by atoms with E-state index in [1.165, 1.54) is 6.20 Å². The van der Waals surface area contributed by atoms with E-state index in [0.29, 0.717) is 12.1 Å². The predicted molar refractivity (Wildman–Crippen MR) is 70.6 cm³/mol. The number of nitrogens with one attached hydrogen (secondary N) is 2. The van der Waals surface area contributed by atoms with E-state index >= 15 is 0 Å². The van der Waals surface area contributed by atoms with Crippen molar-refractivity contribution in [1.29, 1.82) is 0 Å². The first kappa shape index (κ1) is 12.8. The zero-order valence-corrected chi connectivity index (χ0v) is 11.5. The average Bonchev–Trinajstić information content (AvgIpc) is 2.96. The van der Waals surface area contributed by atoms with E-state index in [1.807, 2.05) is 5.38 Å². The summed E-state index contributed by atoms with van der Waals surface area (Å²) in [6.07, 6.45) is 3.07. The topological polar surface area (TPSA) is 70.7 Å². The highest BCUT2D eigenvalue weighted by molar-refractivity contribution is 7.09. The van der Waals surface area contributed by atoms with Crippen molar-refractivity contribution in [3.05, 3.63) is 34.0 Å². The molecule has 0 fully saturated rings. The summed E-state index contributed by atoms with van der Waals surface area (Å²) in [5.74, 6) is -0.142. The maximum Gasteiger partial charge on any atom is 0.254 e. The lowest BCUT2D eigenvalue weighted by Crippen LogP contribution is -2.22. The van der Waals surface area contributed by atoms with Crippen LogP contribution in [0.3, 0.4) is 0 Å². The van der Waals surface area contributed by atoms with Crippen molar-refractivity contribution in [2.24, 2.45) is 0 Å². The van der Waals surface area contributed by atoms with Crippen LogP contribution in [-0.4, -0.2) is 21.1 Å². The molecule has 2 aromatic rings. The number of thiazole rings is 1. The number of hydrogen-bond donors (Lipinski definition) is 2. The van der Waals surface area contributed by atoms with Crippen LogP contribution in [0.5, 0.6) is 0 Å². The van der Waals surface area contributed by atoms with Crippen molar-refractivity contribution >= 4 is 17.2 Å². The SMILES string of the molecule is CC(C)(C)c1csc(CNC(=O)c2cn[nH]c2)n1. The summed E-state index contributed by atoms with van der Waals surface area (Å²) in [6, 6.07) is 0. The van der Waals surface area contributed by atoms with Gasteiger partial charge in [0.2, 0.25) is 0 Å². The Bertz CT molecular complexity index is 525. The molecule has 1 amide bonds. The van der Waals surface area contributed by atoms with E-state index in [2.05, 4.69) is 41.3 Å². The normalized spacial score (nSPS) is 11.5. The van der Waals surface area contributed by atoms with E-state index < -0.39 is 0 Å². The molecule has 96 valence electrons. The predicted octanol–water partition coefficient (Wildman–Crippen LogP) is 2.09. The molecular weight excluding hydrogens is 248 g/mol. The van der Waals surface area contributed by atoms with Gasteiger partial charge < -0.3 is 5.32 Å². The van der Waals surface area contributed by atoms with Gasteiger partial charge in [-0.25, -0.2) is 4.98 Å². The molecule has 0 aliphatic rings. The molecule has 0 bridgehead atoms. The van der Waals surface area contributed by atoms with Gasteiger partial charge in [-0.1, -0.05) is 20.8 Å². The number of carbonyl (C=O) groups is 1. The number of amides is 1. The Balaban J connectivity index is 1.95. The first-order chi connectivity index (χ1) is 8.47. The van der Waals surface area contributed by atoms with Gasteiger partial charge in [-0.05, 0) is 0 Å². The minimum Gasteiger partial charge on any atom is -0.345 e. The van der Waals surface area contributed by atoms with Crippen LogP contribution in [0.1, 0.15) is 41.8 Å². The van der Waals surface area contributed by atoms with Crippen LogP contribution in [0.15, 0.2) is 17.8 Å². The molecule has 5 nitrogen and oxygen atoms in total. The Morgan fingerprint density at radius 2 is 2.28 bits per heavy atom. The zero-order chi connectivity index (χ0) is 13.2. The fourth-order valence-electron chi connectivity index (χ4n) is 1.37. The Hall–Kier alpha value is -1.69. The molecule has 6 heteroatoms. The van der Waals surface area contributed by atoms with Gasteiger partial charge in [0.25, 0.3) is 5.91 Å². The highest BCUT2D eigenvalue weighted by Gasteiger charge is 2.17. The van der Waals surface area contributed by atoms with Gasteiger partial charge in [0.1, 0.15) is 5.01 Å². The van der Waals surface area contributed by atoms with Crippen LogP contribution < -0.4 is 5.32 Å². The molecule has 0 radical (unpaired) electrons. The Labute approximate surface area is 110 Å². The summed E-state index contributed by atoms with van der Waals surface area (Å²) in [6.45, 7) is 6.81. The number of aromatic nitrogens is 3. The fraction of sp³-hybridized carbons (Fsp3) is 0.417. The van der Waals surface area contributed by atoms with Crippen LogP contribution >= 0.6 is 11.3 Å². The number of hydrogen-bond acceptors (Lipinski definition) is 4. The fourth-order valence-corrected chi connectivity index (χ4v) is 2.33. The summed E-state index contributed by atoms with van der Waals surface area (Å²) in [5, 5.41) is 12.1. The van der Waals surface area contributed by atoms with E-state index in [0.717, 1.165) is 10.7 Å². The molecular formula is C12H16N4OS. The first-order valence-corrected chi connectivity index (χ1v) is 6.56. The smallest absolute Gasteiger partial charge is 0.254 e. The molecule has 18 heavy (non-hydrogen) atoms. The molecule has 2 N–H and O–H groups in total. The lowest BCUT2D eigenvalue weighted by atomic mass is 9.93. The van der Waals surface area contributed by atoms with Crippen LogP contribution in [0, 0.1) is 0 Å². The van der Waals surface area contributed by atoms with Gasteiger partial charge in [0.05, 0.1) is 24.0 Å². The van der Waals surface area contributed by atoms with Crippen LogP contribution in [0.25, 0.3) is 0 Å². The minimum absolute atomic E-state index is 0.0450. The quantitative estimate of drug-likeness (QED) is 0.891. The van der Waals surface area contributed by atoms with E-state index in [4.69, 9.17) is 0 Å². The summed E-state index contributed by atoms with van der Waals surface area (Å²) in [5.41, 5.74) is 1.63. The van der Waals surface area contributed by atoms with E-state index in [-0.39, 0.29) is 11.3 Å². The molecule has 2 rings (SSSR count). The number of nitrogens with zero attached hydrogens (tertiary/aromatic N) is 2. The van der Waals surface area contributed by atoms with Crippen molar-refractivity contribution < 1.29 is 4.79 Å². The Morgan fingerprint density at radius 3 is 2.83 bits per heavy atom. The van der Waals surface area contributed by atoms with E-state index in [1.54, 1.807) is 17.5 Å². The summed E-state index contributed by atoms with van der Waals surface area (Å²) in [4.78, 5) is 16.2. The van der Waals surface area contributed by atoms with Crippen molar-refractivity contribution in [3.8, 4) is 0 Å². The first-order valence-electron chi connectivity index (χ1n) is 5.68. The summed E-state index contributed by atoms with van der Waals surface area (Å²) >= 11 is 1.57. The third kappa shape index (κ3) is 2.95. The summed E-state index contributed by atoms with van der Waals surface area (Å²) in [7, 11) is 0. The number of carbonyl (C=O) groups excluding carboxylic acids is 1. The molecule has 2 heterocycles. The van der Waals surface area contributed by atoms with Crippen molar-refractivity contribution in [2.75, 3.05) is 0 Å². The van der Waals surface area contributed by atoms with Gasteiger partial charge in [-0.2, -0.15) is 5.10 Å². The zero-order valence-electron chi connectivity index (χ0n) is 10.7.